The molecule has 4 nitrogen and oxygen atoms in total. The average Bonchev–Trinajstić information content (AvgIpc) is 2.90. The van der Waals surface area contributed by atoms with Gasteiger partial charge in [0.15, 0.2) is 0 Å². The molecular formula is C14H26N2O2. The summed E-state index contributed by atoms with van der Waals surface area (Å²) in [5, 5.41) is 6.47. The Hall–Kier alpha value is -0.610. The lowest BCUT2D eigenvalue weighted by molar-refractivity contribution is -0.121. The van der Waals surface area contributed by atoms with Crippen molar-refractivity contribution in [2.24, 2.45) is 5.92 Å². The van der Waals surface area contributed by atoms with Gasteiger partial charge in [-0.05, 0) is 38.5 Å². The largest absolute Gasteiger partial charge is 0.381 e. The maximum Gasteiger partial charge on any atom is 0.234 e. The van der Waals surface area contributed by atoms with Crippen molar-refractivity contribution in [2.45, 2.75) is 57.5 Å². The fourth-order valence-corrected chi connectivity index (χ4v) is 2.99. The van der Waals surface area contributed by atoms with Gasteiger partial charge in [0.25, 0.3) is 0 Å². The summed E-state index contributed by atoms with van der Waals surface area (Å²) in [6.07, 6.45) is 7.05. The molecule has 1 atom stereocenters. The molecule has 1 unspecified atom stereocenters. The second-order valence-corrected chi connectivity index (χ2v) is 5.67. The van der Waals surface area contributed by atoms with Crippen LogP contribution in [0.2, 0.25) is 0 Å². The number of rotatable bonds is 5. The van der Waals surface area contributed by atoms with Crippen molar-refractivity contribution in [1.29, 1.82) is 0 Å². The first-order chi connectivity index (χ1) is 8.75. The first-order valence-corrected chi connectivity index (χ1v) is 7.36. The molecular weight excluding hydrogens is 228 g/mol. The van der Waals surface area contributed by atoms with Gasteiger partial charge in [-0.15, -0.1) is 0 Å². The van der Waals surface area contributed by atoms with Crippen LogP contribution in [0.25, 0.3) is 0 Å². The molecule has 1 amide bonds. The minimum atomic E-state index is 0.154. The highest BCUT2D eigenvalue weighted by atomic mass is 16.5. The van der Waals surface area contributed by atoms with Crippen molar-refractivity contribution in [3.8, 4) is 0 Å². The fraction of sp³-hybridized carbons (Fsp3) is 0.929. The van der Waals surface area contributed by atoms with Gasteiger partial charge >= 0.3 is 0 Å². The van der Waals surface area contributed by atoms with E-state index in [0.717, 1.165) is 38.9 Å². The Morgan fingerprint density at radius 2 is 1.89 bits per heavy atom. The van der Waals surface area contributed by atoms with Crippen molar-refractivity contribution in [3.63, 3.8) is 0 Å². The SMILES string of the molecule is CC(NCC(=O)NC1CCCC1)C1CCOCC1. The summed E-state index contributed by atoms with van der Waals surface area (Å²) >= 11 is 0. The molecule has 1 heterocycles. The molecule has 2 N–H and O–H groups in total. The van der Waals surface area contributed by atoms with Crippen molar-refractivity contribution in [1.82, 2.24) is 10.6 Å². The van der Waals surface area contributed by atoms with Crippen LogP contribution in [-0.4, -0.2) is 37.7 Å². The molecule has 0 aromatic heterocycles. The minimum absolute atomic E-state index is 0.154. The molecule has 4 heteroatoms. The van der Waals surface area contributed by atoms with Crippen LogP contribution in [0.4, 0.5) is 0 Å². The first kappa shape index (κ1) is 13.8. The van der Waals surface area contributed by atoms with Crippen LogP contribution < -0.4 is 10.6 Å². The maximum absolute atomic E-state index is 11.8. The van der Waals surface area contributed by atoms with Gasteiger partial charge < -0.3 is 15.4 Å². The van der Waals surface area contributed by atoms with Crippen molar-refractivity contribution >= 4 is 5.91 Å². The maximum atomic E-state index is 11.8. The number of carbonyl (C=O) groups is 1. The van der Waals surface area contributed by atoms with Crippen LogP contribution in [0.3, 0.4) is 0 Å². The Labute approximate surface area is 110 Å². The number of hydrogen-bond donors (Lipinski definition) is 2. The summed E-state index contributed by atoms with van der Waals surface area (Å²) in [5.41, 5.74) is 0. The zero-order chi connectivity index (χ0) is 12.8. The molecule has 1 saturated carbocycles. The van der Waals surface area contributed by atoms with E-state index in [4.69, 9.17) is 4.74 Å². The Morgan fingerprint density at radius 1 is 1.22 bits per heavy atom. The van der Waals surface area contributed by atoms with E-state index in [-0.39, 0.29) is 5.91 Å². The Kier molecular flexibility index (Phi) is 5.45. The molecule has 0 bridgehead atoms. The number of nitrogens with one attached hydrogen (secondary N) is 2. The van der Waals surface area contributed by atoms with Crippen LogP contribution in [0, 0.1) is 5.92 Å². The summed E-state index contributed by atoms with van der Waals surface area (Å²) < 4.78 is 5.36. The van der Waals surface area contributed by atoms with Crippen LogP contribution in [-0.2, 0) is 9.53 Å². The minimum Gasteiger partial charge on any atom is -0.381 e. The van der Waals surface area contributed by atoms with E-state index in [0.29, 0.717) is 24.5 Å². The summed E-state index contributed by atoms with van der Waals surface area (Å²) in [7, 11) is 0. The van der Waals surface area contributed by atoms with Crippen LogP contribution in [0.5, 0.6) is 0 Å². The van der Waals surface area contributed by atoms with Gasteiger partial charge in [-0.3, -0.25) is 4.79 Å². The van der Waals surface area contributed by atoms with E-state index >= 15 is 0 Å². The monoisotopic (exact) mass is 254 g/mol. The van der Waals surface area contributed by atoms with Gasteiger partial charge in [0.2, 0.25) is 5.91 Å². The fourth-order valence-electron chi connectivity index (χ4n) is 2.99. The van der Waals surface area contributed by atoms with Gasteiger partial charge in [0.1, 0.15) is 0 Å². The highest BCUT2D eigenvalue weighted by molar-refractivity contribution is 5.78. The average molecular weight is 254 g/mol. The Morgan fingerprint density at radius 3 is 2.56 bits per heavy atom. The summed E-state index contributed by atoms with van der Waals surface area (Å²) in [5.74, 6) is 0.804. The zero-order valence-corrected chi connectivity index (χ0v) is 11.4. The van der Waals surface area contributed by atoms with E-state index in [1.54, 1.807) is 0 Å². The summed E-state index contributed by atoms with van der Waals surface area (Å²) in [4.78, 5) is 11.8. The highest BCUT2D eigenvalue weighted by Gasteiger charge is 2.21. The molecule has 18 heavy (non-hydrogen) atoms. The molecule has 104 valence electrons. The molecule has 0 aromatic rings. The molecule has 2 rings (SSSR count). The van der Waals surface area contributed by atoms with Gasteiger partial charge in [-0.1, -0.05) is 12.8 Å². The van der Waals surface area contributed by atoms with Gasteiger partial charge in [-0.25, -0.2) is 0 Å². The van der Waals surface area contributed by atoms with E-state index in [9.17, 15) is 4.79 Å². The van der Waals surface area contributed by atoms with E-state index in [1.807, 2.05) is 0 Å². The Bertz CT molecular complexity index is 259. The van der Waals surface area contributed by atoms with E-state index < -0.39 is 0 Å². The van der Waals surface area contributed by atoms with E-state index in [1.165, 1.54) is 12.8 Å². The Balaban J connectivity index is 1.61. The number of hydrogen-bond acceptors (Lipinski definition) is 3. The van der Waals surface area contributed by atoms with Gasteiger partial charge in [0, 0.05) is 25.3 Å². The third kappa shape index (κ3) is 4.25. The van der Waals surface area contributed by atoms with Crippen molar-refractivity contribution < 1.29 is 9.53 Å². The van der Waals surface area contributed by atoms with Crippen molar-refractivity contribution in [2.75, 3.05) is 19.8 Å². The lowest BCUT2D eigenvalue weighted by Crippen LogP contribution is -2.44. The quantitative estimate of drug-likeness (QED) is 0.781. The van der Waals surface area contributed by atoms with Gasteiger partial charge in [-0.2, -0.15) is 0 Å². The standard InChI is InChI=1S/C14H26N2O2/c1-11(12-6-8-18-9-7-12)15-10-14(17)16-13-4-2-3-5-13/h11-13,15H,2-10H2,1H3,(H,16,17). The molecule has 1 aliphatic carbocycles. The summed E-state index contributed by atoms with van der Waals surface area (Å²) in [6, 6.07) is 0.834. The molecule has 0 radical (unpaired) electrons. The second kappa shape index (κ2) is 7.10. The highest BCUT2D eigenvalue weighted by Crippen LogP contribution is 2.19. The van der Waals surface area contributed by atoms with Crippen molar-refractivity contribution in [3.05, 3.63) is 0 Å². The smallest absolute Gasteiger partial charge is 0.234 e. The van der Waals surface area contributed by atoms with Crippen LogP contribution in [0.15, 0.2) is 0 Å². The number of amides is 1. The molecule has 1 aliphatic heterocycles. The predicted octanol–water partition coefficient (Wildman–Crippen LogP) is 1.45. The molecule has 2 aliphatic rings. The van der Waals surface area contributed by atoms with Gasteiger partial charge in [0.05, 0.1) is 6.54 Å². The second-order valence-electron chi connectivity index (χ2n) is 5.67. The number of carbonyl (C=O) groups excluding carboxylic acids is 1. The molecule has 0 aromatic carbocycles. The predicted molar refractivity (Wildman–Crippen MR) is 71.4 cm³/mol. The molecule has 1 saturated heterocycles. The molecule has 0 spiro atoms. The lowest BCUT2D eigenvalue weighted by Gasteiger charge is -2.28. The zero-order valence-electron chi connectivity index (χ0n) is 11.4. The number of ether oxygens (including phenoxy) is 1. The topological polar surface area (TPSA) is 50.4 Å². The molecule has 2 fully saturated rings. The first-order valence-electron chi connectivity index (χ1n) is 7.36. The normalized spacial score (nSPS) is 24.1. The lowest BCUT2D eigenvalue weighted by atomic mass is 9.93. The van der Waals surface area contributed by atoms with Crippen LogP contribution in [0.1, 0.15) is 45.4 Å². The third-order valence-corrected chi connectivity index (χ3v) is 4.28. The van der Waals surface area contributed by atoms with Crippen LogP contribution >= 0.6 is 0 Å². The van der Waals surface area contributed by atoms with E-state index in [2.05, 4.69) is 17.6 Å². The third-order valence-electron chi connectivity index (χ3n) is 4.28. The summed E-state index contributed by atoms with van der Waals surface area (Å²) in [6.45, 7) is 4.36.